The summed E-state index contributed by atoms with van der Waals surface area (Å²) in [6.07, 6.45) is 5.54. The molecule has 1 saturated carbocycles. The highest BCUT2D eigenvalue weighted by Crippen LogP contribution is 2.41. The van der Waals surface area contributed by atoms with Crippen LogP contribution >= 0.6 is 15.9 Å². The van der Waals surface area contributed by atoms with E-state index >= 15 is 0 Å². The van der Waals surface area contributed by atoms with E-state index in [1.54, 1.807) is 6.07 Å². The molecule has 0 amide bonds. The van der Waals surface area contributed by atoms with Crippen LogP contribution in [0.5, 0.6) is 0 Å². The van der Waals surface area contributed by atoms with Crippen LogP contribution in [0.1, 0.15) is 43.7 Å². The van der Waals surface area contributed by atoms with Gasteiger partial charge in [0, 0.05) is 28.2 Å². The highest BCUT2D eigenvalue weighted by atomic mass is 79.9. The van der Waals surface area contributed by atoms with Crippen LogP contribution in [0.15, 0.2) is 22.7 Å². The molecule has 1 aromatic carbocycles. The molecule has 0 aromatic heterocycles. The van der Waals surface area contributed by atoms with E-state index in [2.05, 4.69) is 20.8 Å². The van der Waals surface area contributed by atoms with Crippen LogP contribution < -0.4 is 5.73 Å². The summed E-state index contributed by atoms with van der Waals surface area (Å²) in [5, 5.41) is 11.4. The number of hydrogen-bond acceptors (Lipinski definition) is 4. The quantitative estimate of drug-likeness (QED) is 0.667. The molecule has 21 heavy (non-hydrogen) atoms. The summed E-state index contributed by atoms with van der Waals surface area (Å²) in [5.41, 5.74) is 7.34. The summed E-state index contributed by atoms with van der Waals surface area (Å²) in [6, 6.07) is 5.83. The molecule has 6 heteroatoms. The Hall–Kier alpha value is -0.980. The molecule has 3 rings (SSSR count). The molecule has 114 valence electrons. The molecule has 2 aliphatic rings. The lowest BCUT2D eigenvalue weighted by atomic mass is 9.95. The van der Waals surface area contributed by atoms with Gasteiger partial charge in [-0.05, 0) is 44.4 Å². The zero-order valence-corrected chi connectivity index (χ0v) is 13.5. The fourth-order valence-electron chi connectivity index (χ4n) is 3.37. The number of nitro benzene ring substituents is 1. The molecule has 1 saturated heterocycles. The second-order valence-corrected chi connectivity index (χ2v) is 6.95. The Balaban J connectivity index is 2.03. The van der Waals surface area contributed by atoms with Crippen LogP contribution in [-0.2, 0) is 0 Å². The van der Waals surface area contributed by atoms with Gasteiger partial charge in [0.1, 0.15) is 0 Å². The van der Waals surface area contributed by atoms with Crippen molar-refractivity contribution >= 4 is 21.6 Å². The van der Waals surface area contributed by atoms with Gasteiger partial charge in [-0.3, -0.25) is 15.0 Å². The predicted octanol–water partition coefficient (Wildman–Crippen LogP) is 3.37. The van der Waals surface area contributed by atoms with E-state index in [0.29, 0.717) is 6.04 Å². The molecule has 0 bridgehead atoms. The van der Waals surface area contributed by atoms with Gasteiger partial charge in [-0.1, -0.05) is 22.4 Å². The number of nitrogens with two attached hydrogens (primary N) is 1. The third-order valence-corrected chi connectivity index (χ3v) is 4.98. The van der Waals surface area contributed by atoms with Crippen molar-refractivity contribution in [1.82, 2.24) is 4.90 Å². The van der Waals surface area contributed by atoms with Crippen molar-refractivity contribution in [3.05, 3.63) is 38.3 Å². The molecule has 2 N–H and O–H groups in total. The highest BCUT2D eigenvalue weighted by molar-refractivity contribution is 9.10. The maximum Gasteiger partial charge on any atom is 0.275 e. The molecule has 0 spiro atoms. The number of halogens is 1. The van der Waals surface area contributed by atoms with Crippen LogP contribution in [0.25, 0.3) is 0 Å². The van der Waals surface area contributed by atoms with Crippen LogP contribution in [0, 0.1) is 10.1 Å². The first-order valence-electron chi connectivity index (χ1n) is 7.53. The number of likely N-dealkylation sites (tertiary alicyclic amines) is 1. The second kappa shape index (κ2) is 6.02. The zero-order valence-electron chi connectivity index (χ0n) is 11.9. The minimum absolute atomic E-state index is 0.0338. The Bertz CT molecular complexity index is 548. The molecule has 2 unspecified atom stereocenters. The van der Waals surface area contributed by atoms with Gasteiger partial charge < -0.3 is 5.73 Å². The number of benzene rings is 1. The Labute approximate surface area is 132 Å². The van der Waals surface area contributed by atoms with E-state index in [1.807, 2.05) is 12.1 Å². The monoisotopic (exact) mass is 353 g/mol. The molecule has 1 aliphatic carbocycles. The molecule has 1 aliphatic heterocycles. The average Bonchev–Trinajstić information content (AvgIpc) is 3.26. The van der Waals surface area contributed by atoms with Crippen LogP contribution in [0.2, 0.25) is 0 Å². The van der Waals surface area contributed by atoms with Gasteiger partial charge in [0.25, 0.3) is 5.69 Å². The van der Waals surface area contributed by atoms with Gasteiger partial charge in [0.2, 0.25) is 0 Å². The van der Waals surface area contributed by atoms with E-state index in [-0.39, 0.29) is 22.7 Å². The van der Waals surface area contributed by atoms with Gasteiger partial charge >= 0.3 is 0 Å². The third kappa shape index (κ3) is 3.12. The lowest BCUT2D eigenvalue weighted by Crippen LogP contribution is -2.41. The topological polar surface area (TPSA) is 72.4 Å². The minimum atomic E-state index is -0.289. The minimum Gasteiger partial charge on any atom is -0.326 e. The Morgan fingerprint density at radius 1 is 1.29 bits per heavy atom. The largest absolute Gasteiger partial charge is 0.326 e. The molecular formula is C15H20BrN3O2. The van der Waals surface area contributed by atoms with Crippen LogP contribution in [-0.4, -0.2) is 28.5 Å². The highest BCUT2D eigenvalue weighted by Gasteiger charge is 2.40. The van der Waals surface area contributed by atoms with Crippen molar-refractivity contribution < 1.29 is 4.92 Å². The molecule has 1 heterocycles. The molecule has 5 nitrogen and oxygen atoms in total. The number of rotatable bonds is 3. The fourth-order valence-corrected chi connectivity index (χ4v) is 3.72. The SMILES string of the molecule is NC1CCCCN(C2CC2)C1c1ccc(Br)cc1[N+](=O)[O-]. The lowest BCUT2D eigenvalue weighted by molar-refractivity contribution is -0.386. The predicted molar refractivity (Wildman–Crippen MR) is 85.1 cm³/mol. The molecule has 2 atom stereocenters. The summed E-state index contributed by atoms with van der Waals surface area (Å²) >= 11 is 3.33. The van der Waals surface area contributed by atoms with Crippen molar-refractivity contribution in [2.45, 2.75) is 50.2 Å². The first-order valence-corrected chi connectivity index (χ1v) is 8.32. The first kappa shape index (κ1) is 14.9. The summed E-state index contributed by atoms with van der Waals surface area (Å²) in [7, 11) is 0. The van der Waals surface area contributed by atoms with Gasteiger partial charge in [-0.25, -0.2) is 0 Å². The lowest BCUT2D eigenvalue weighted by Gasteiger charge is -2.33. The summed E-state index contributed by atoms with van der Waals surface area (Å²) in [5.74, 6) is 0. The van der Waals surface area contributed by atoms with E-state index in [4.69, 9.17) is 5.73 Å². The van der Waals surface area contributed by atoms with Gasteiger partial charge in [0.15, 0.2) is 0 Å². The maximum atomic E-state index is 11.4. The molecule has 2 fully saturated rings. The van der Waals surface area contributed by atoms with E-state index < -0.39 is 0 Å². The summed E-state index contributed by atoms with van der Waals surface area (Å²) in [4.78, 5) is 13.5. The fraction of sp³-hybridized carbons (Fsp3) is 0.600. The van der Waals surface area contributed by atoms with Crippen molar-refractivity contribution in [2.24, 2.45) is 5.73 Å². The van der Waals surface area contributed by atoms with Gasteiger partial charge in [0.05, 0.1) is 11.0 Å². The Morgan fingerprint density at radius 2 is 2.05 bits per heavy atom. The maximum absolute atomic E-state index is 11.4. The number of nitrogens with zero attached hydrogens (tertiary/aromatic N) is 2. The van der Waals surface area contributed by atoms with Crippen molar-refractivity contribution in [1.29, 1.82) is 0 Å². The normalized spacial score (nSPS) is 27.3. The van der Waals surface area contributed by atoms with E-state index in [0.717, 1.165) is 35.8 Å². The Kier molecular flexibility index (Phi) is 4.28. The third-order valence-electron chi connectivity index (χ3n) is 4.49. The molecule has 0 radical (unpaired) electrons. The Morgan fingerprint density at radius 3 is 2.71 bits per heavy atom. The first-order chi connectivity index (χ1) is 10.1. The summed E-state index contributed by atoms with van der Waals surface area (Å²) in [6.45, 7) is 0.996. The van der Waals surface area contributed by atoms with Crippen molar-refractivity contribution in [3.8, 4) is 0 Å². The second-order valence-electron chi connectivity index (χ2n) is 6.03. The number of nitro groups is 1. The van der Waals surface area contributed by atoms with Crippen LogP contribution in [0.4, 0.5) is 5.69 Å². The zero-order chi connectivity index (χ0) is 15.0. The van der Waals surface area contributed by atoms with Crippen molar-refractivity contribution in [2.75, 3.05) is 6.54 Å². The van der Waals surface area contributed by atoms with Crippen molar-refractivity contribution in [3.63, 3.8) is 0 Å². The number of hydrogen-bond donors (Lipinski definition) is 1. The van der Waals surface area contributed by atoms with Crippen LogP contribution in [0.3, 0.4) is 0 Å². The van der Waals surface area contributed by atoms with Gasteiger partial charge in [-0.2, -0.15) is 0 Å². The standard InChI is InChI=1S/C15H20BrN3O2/c16-10-4-7-12(14(9-10)19(20)21)15-13(17)3-1-2-8-18(15)11-5-6-11/h4,7,9,11,13,15H,1-3,5-6,8,17H2. The van der Waals surface area contributed by atoms with E-state index in [1.165, 1.54) is 12.8 Å². The molecule has 1 aromatic rings. The smallest absolute Gasteiger partial charge is 0.275 e. The average molecular weight is 354 g/mol. The van der Waals surface area contributed by atoms with Gasteiger partial charge in [-0.15, -0.1) is 0 Å². The van der Waals surface area contributed by atoms with E-state index in [9.17, 15) is 10.1 Å². The summed E-state index contributed by atoms with van der Waals surface area (Å²) < 4.78 is 0.734. The molecular weight excluding hydrogens is 334 g/mol.